The first-order chi connectivity index (χ1) is 12.8. The highest BCUT2D eigenvalue weighted by Gasteiger charge is 2.04. The Bertz CT molecular complexity index is 804. The van der Waals surface area contributed by atoms with Gasteiger partial charge in [-0.15, -0.1) is 0 Å². The molecule has 27 heavy (non-hydrogen) atoms. The maximum absolute atomic E-state index is 5.99. The average Bonchev–Trinajstić information content (AvgIpc) is 2.59. The summed E-state index contributed by atoms with van der Waals surface area (Å²) in [6.45, 7) is 10.8. The molecule has 2 aromatic rings. The van der Waals surface area contributed by atoms with Crippen LogP contribution in [0.2, 0.25) is 0 Å². The number of nitrogens with zero attached hydrogens (tertiary/aromatic N) is 1. The van der Waals surface area contributed by atoms with Gasteiger partial charge in [0.05, 0.1) is 0 Å². The van der Waals surface area contributed by atoms with Crippen molar-refractivity contribution >= 4 is 0 Å². The van der Waals surface area contributed by atoms with E-state index in [1.807, 2.05) is 24.3 Å². The van der Waals surface area contributed by atoms with Crippen molar-refractivity contribution in [1.82, 2.24) is 4.90 Å². The first-order valence-corrected chi connectivity index (χ1v) is 9.45. The van der Waals surface area contributed by atoms with Crippen molar-refractivity contribution < 1.29 is 4.74 Å². The second-order valence-electron chi connectivity index (χ2n) is 8.05. The van der Waals surface area contributed by atoms with Gasteiger partial charge in [0, 0.05) is 18.5 Å². The summed E-state index contributed by atoms with van der Waals surface area (Å²) in [5.41, 5.74) is 3.71. The van der Waals surface area contributed by atoms with Gasteiger partial charge in [-0.3, -0.25) is 4.90 Å². The first-order valence-electron chi connectivity index (χ1n) is 9.45. The molecule has 2 nitrogen and oxygen atoms in total. The lowest BCUT2D eigenvalue weighted by Gasteiger charge is -2.16. The average molecular weight is 362 g/mol. The number of allylic oxidation sites excluding steroid dienone is 1. The van der Waals surface area contributed by atoms with Crippen LogP contribution in [-0.4, -0.2) is 18.5 Å². The molecule has 2 rings (SSSR count). The lowest BCUT2D eigenvalue weighted by Crippen LogP contribution is -2.17. The van der Waals surface area contributed by atoms with Gasteiger partial charge in [0.2, 0.25) is 0 Å². The molecule has 0 N–H and O–H groups in total. The SMILES string of the molecule is Cc1cc(CN(C)CC=CC#CC(C)(C)C)cc(OCc2ccccc2)c1. The first kappa shape index (κ1) is 20.8. The van der Waals surface area contributed by atoms with Gasteiger partial charge in [-0.25, -0.2) is 0 Å². The maximum atomic E-state index is 5.99. The highest BCUT2D eigenvalue weighted by Crippen LogP contribution is 2.19. The Hall–Kier alpha value is -2.50. The van der Waals surface area contributed by atoms with Gasteiger partial charge in [-0.05, 0) is 69.6 Å². The summed E-state index contributed by atoms with van der Waals surface area (Å²) in [5, 5.41) is 0. The molecule has 0 atom stereocenters. The maximum Gasteiger partial charge on any atom is 0.120 e. The van der Waals surface area contributed by atoms with Crippen LogP contribution in [0.25, 0.3) is 0 Å². The summed E-state index contributed by atoms with van der Waals surface area (Å²) in [6, 6.07) is 16.7. The number of ether oxygens (including phenoxy) is 1. The van der Waals surface area contributed by atoms with Crippen LogP contribution >= 0.6 is 0 Å². The van der Waals surface area contributed by atoms with Crippen molar-refractivity contribution in [3.8, 4) is 17.6 Å². The molecule has 0 saturated heterocycles. The fourth-order valence-electron chi connectivity index (χ4n) is 2.67. The predicted molar refractivity (Wildman–Crippen MR) is 115 cm³/mol. The van der Waals surface area contributed by atoms with Crippen LogP contribution in [0.4, 0.5) is 0 Å². The Morgan fingerprint density at radius 2 is 1.78 bits per heavy atom. The standard InChI is InChI=1S/C25H31NO/c1-21-16-23(19-26(5)15-11-7-10-14-25(2,3)4)18-24(17-21)27-20-22-12-8-6-9-13-22/h6-9,11-13,16-18H,15,19-20H2,1-5H3. The molecular formula is C25H31NO. The van der Waals surface area contributed by atoms with Gasteiger partial charge in [0.25, 0.3) is 0 Å². The van der Waals surface area contributed by atoms with Crippen molar-refractivity contribution in [1.29, 1.82) is 0 Å². The Morgan fingerprint density at radius 1 is 1.04 bits per heavy atom. The van der Waals surface area contributed by atoms with E-state index in [9.17, 15) is 0 Å². The zero-order chi connectivity index (χ0) is 19.7. The van der Waals surface area contributed by atoms with Crippen molar-refractivity contribution in [2.45, 2.75) is 40.8 Å². The molecule has 0 aliphatic rings. The van der Waals surface area contributed by atoms with Crippen LogP contribution in [0.15, 0.2) is 60.7 Å². The van der Waals surface area contributed by atoms with Gasteiger partial charge in [0.1, 0.15) is 12.4 Å². The zero-order valence-corrected chi connectivity index (χ0v) is 17.3. The van der Waals surface area contributed by atoms with E-state index in [1.54, 1.807) is 0 Å². The molecule has 0 aromatic heterocycles. The molecule has 0 radical (unpaired) electrons. The monoisotopic (exact) mass is 361 g/mol. The van der Waals surface area contributed by atoms with E-state index < -0.39 is 0 Å². The van der Waals surface area contributed by atoms with E-state index in [1.165, 1.54) is 16.7 Å². The summed E-state index contributed by atoms with van der Waals surface area (Å²) in [6.07, 6.45) is 4.06. The summed E-state index contributed by atoms with van der Waals surface area (Å²) >= 11 is 0. The third-order valence-electron chi connectivity index (χ3n) is 3.88. The predicted octanol–water partition coefficient (Wildman–Crippen LogP) is 5.61. The normalized spacial score (nSPS) is 11.5. The molecule has 142 valence electrons. The fraction of sp³-hybridized carbons (Fsp3) is 0.360. The van der Waals surface area contributed by atoms with E-state index in [-0.39, 0.29) is 5.41 Å². The number of hydrogen-bond donors (Lipinski definition) is 0. The van der Waals surface area contributed by atoms with Crippen LogP contribution in [0.3, 0.4) is 0 Å². The molecule has 0 saturated carbocycles. The summed E-state index contributed by atoms with van der Waals surface area (Å²) < 4.78 is 5.99. The minimum atomic E-state index is 0.0496. The number of rotatable bonds is 7. The topological polar surface area (TPSA) is 12.5 Å². The molecule has 0 fully saturated rings. The minimum absolute atomic E-state index is 0.0496. The van der Waals surface area contributed by atoms with Gasteiger partial charge >= 0.3 is 0 Å². The van der Waals surface area contributed by atoms with Crippen molar-refractivity contribution in [3.63, 3.8) is 0 Å². The smallest absolute Gasteiger partial charge is 0.120 e. The van der Waals surface area contributed by atoms with E-state index in [0.717, 1.165) is 18.8 Å². The Labute approximate surface area is 164 Å². The number of likely N-dealkylation sites (N-methyl/N-ethyl adjacent to an activating group) is 1. The third-order valence-corrected chi connectivity index (χ3v) is 3.88. The Morgan fingerprint density at radius 3 is 2.48 bits per heavy atom. The number of benzene rings is 2. The Balaban J connectivity index is 1.90. The highest BCUT2D eigenvalue weighted by atomic mass is 16.5. The van der Waals surface area contributed by atoms with E-state index >= 15 is 0 Å². The number of hydrogen-bond acceptors (Lipinski definition) is 2. The largest absolute Gasteiger partial charge is 0.489 e. The summed E-state index contributed by atoms with van der Waals surface area (Å²) in [7, 11) is 2.12. The summed E-state index contributed by atoms with van der Waals surface area (Å²) in [4.78, 5) is 2.27. The second kappa shape index (κ2) is 10.00. The lowest BCUT2D eigenvalue weighted by molar-refractivity contribution is 0.304. The van der Waals surface area contributed by atoms with Gasteiger partial charge < -0.3 is 4.74 Å². The van der Waals surface area contributed by atoms with Crippen LogP contribution in [0, 0.1) is 24.2 Å². The zero-order valence-electron chi connectivity index (χ0n) is 17.3. The van der Waals surface area contributed by atoms with Crippen LogP contribution < -0.4 is 4.74 Å². The second-order valence-corrected chi connectivity index (χ2v) is 8.05. The van der Waals surface area contributed by atoms with E-state index in [2.05, 4.69) is 87.9 Å². The third kappa shape index (κ3) is 8.62. The molecule has 0 amide bonds. The van der Waals surface area contributed by atoms with Gasteiger partial charge in [-0.1, -0.05) is 54.3 Å². The lowest BCUT2D eigenvalue weighted by atomic mass is 9.98. The molecule has 2 aromatic carbocycles. The molecule has 0 spiro atoms. The highest BCUT2D eigenvalue weighted by molar-refractivity contribution is 5.34. The van der Waals surface area contributed by atoms with E-state index in [4.69, 9.17) is 4.74 Å². The summed E-state index contributed by atoms with van der Waals surface area (Å²) in [5.74, 6) is 7.26. The number of aryl methyl sites for hydroxylation is 1. The molecule has 0 aliphatic carbocycles. The van der Waals surface area contributed by atoms with Gasteiger partial charge in [-0.2, -0.15) is 0 Å². The molecule has 0 heterocycles. The van der Waals surface area contributed by atoms with Crippen LogP contribution in [0.1, 0.15) is 37.5 Å². The van der Waals surface area contributed by atoms with Crippen LogP contribution in [0.5, 0.6) is 5.75 Å². The van der Waals surface area contributed by atoms with Crippen molar-refractivity contribution in [2.75, 3.05) is 13.6 Å². The minimum Gasteiger partial charge on any atom is -0.489 e. The van der Waals surface area contributed by atoms with Crippen molar-refractivity contribution in [2.24, 2.45) is 5.41 Å². The van der Waals surface area contributed by atoms with Crippen molar-refractivity contribution in [3.05, 3.63) is 77.4 Å². The molecule has 2 heteroatoms. The molecule has 0 bridgehead atoms. The van der Waals surface area contributed by atoms with Crippen LogP contribution in [-0.2, 0) is 13.2 Å². The van der Waals surface area contributed by atoms with E-state index in [0.29, 0.717) is 6.61 Å². The fourth-order valence-corrected chi connectivity index (χ4v) is 2.67. The molecular weight excluding hydrogens is 330 g/mol. The molecule has 0 aliphatic heterocycles. The quantitative estimate of drug-likeness (QED) is 0.594. The van der Waals surface area contributed by atoms with Gasteiger partial charge in [0.15, 0.2) is 0 Å². The Kier molecular flexibility index (Phi) is 7.70. The molecule has 0 unspecified atom stereocenters.